The molecule has 0 atom stereocenters. The molecule has 0 fully saturated rings. The van der Waals surface area contributed by atoms with Crippen molar-refractivity contribution in [1.29, 1.82) is 0 Å². The number of thiol groups is 1. The largest absolute Gasteiger partial charge is 0.144 e. The van der Waals surface area contributed by atoms with Crippen molar-refractivity contribution in [2.75, 3.05) is 0 Å². The van der Waals surface area contributed by atoms with E-state index in [1.54, 1.807) is 11.3 Å². The molecule has 2 aromatic rings. The van der Waals surface area contributed by atoms with Gasteiger partial charge < -0.3 is 0 Å². The van der Waals surface area contributed by atoms with Crippen molar-refractivity contribution in [2.45, 2.75) is 18.2 Å². The maximum atomic E-state index is 6.16. The summed E-state index contributed by atoms with van der Waals surface area (Å²) >= 11 is 12.2. The molecule has 1 aromatic heterocycles. The minimum Gasteiger partial charge on any atom is -0.144 e. The second kappa shape index (κ2) is 3.52. The Hall–Kier alpha value is -0.180. The smallest absolute Gasteiger partial charge is 0.0578 e. The van der Waals surface area contributed by atoms with Crippen LogP contribution in [0.1, 0.15) is 12.5 Å². The molecule has 68 valence electrons. The maximum absolute atomic E-state index is 6.16. The van der Waals surface area contributed by atoms with E-state index in [0.29, 0.717) is 0 Å². The Balaban J connectivity index is 2.87. The van der Waals surface area contributed by atoms with E-state index in [0.717, 1.165) is 16.3 Å². The Morgan fingerprint density at radius 1 is 1.54 bits per heavy atom. The van der Waals surface area contributed by atoms with Gasteiger partial charge in [-0.05, 0) is 34.9 Å². The lowest BCUT2D eigenvalue weighted by molar-refractivity contribution is 1.15. The van der Waals surface area contributed by atoms with Crippen LogP contribution in [-0.2, 0) is 6.42 Å². The van der Waals surface area contributed by atoms with Gasteiger partial charge in [0.05, 0.1) is 5.02 Å². The molecule has 2 rings (SSSR count). The van der Waals surface area contributed by atoms with Crippen molar-refractivity contribution in [3.8, 4) is 0 Å². The SMILES string of the molecule is CCc1c(Cl)c(S)cc2sccc12. The molecule has 0 bridgehead atoms. The molecule has 1 aromatic carbocycles. The van der Waals surface area contributed by atoms with E-state index in [-0.39, 0.29) is 0 Å². The van der Waals surface area contributed by atoms with E-state index in [1.165, 1.54) is 15.6 Å². The molecule has 13 heavy (non-hydrogen) atoms. The number of hydrogen-bond donors (Lipinski definition) is 1. The molecule has 0 N–H and O–H groups in total. The van der Waals surface area contributed by atoms with Crippen LogP contribution >= 0.6 is 35.6 Å². The fourth-order valence-corrected chi connectivity index (χ4v) is 2.98. The fraction of sp³-hybridized carbons (Fsp3) is 0.200. The summed E-state index contributed by atoms with van der Waals surface area (Å²) in [6.07, 6.45) is 0.959. The first kappa shape index (κ1) is 9.38. The highest BCUT2D eigenvalue weighted by atomic mass is 35.5. The van der Waals surface area contributed by atoms with Crippen molar-refractivity contribution >= 4 is 45.7 Å². The average Bonchev–Trinajstić information content (AvgIpc) is 2.54. The molecule has 0 saturated carbocycles. The number of thiophene rings is 1. The number of aryl methyl sites for hydroxylation is 1. The quantitative estimate of drug-likeness (QED) is 0.687. The van der Waals surface area contributed by atoms with Gasteiger partial charge in [0.2, 0.25) is 0 Å². The maximum Gasteiger partial charge on any atom is 0.0578 e. The molecule has 0 unspecified atom stereocenters. The fourth-order valence-electron chi connectivity index (χ4n) is 1.49. The van der Waals surface area contributed by atoms with Crippen LogP contribution in [0.25, 0.3) is 10.1 Å². The van der Waals surface area contributed by atoms with Crippen LogP contribution in [0, 0.1) is 0 Å². The van der Waals surface area contributed by atoms with Crippen LogP contribution in [0.2, 0.25) is 5.02 Å². The van der Waals surface area contributed by atoms with Gasteiger partial charge in [0.25, 0.3) is 0 Å². The van der Waals surface area contributed by atoms with E-state index in [4.69, 9.17) is 11.6 Å². The van der Waals surface area contributed by atoms with E-state index in [2.05, 4.69) is 31.0 Å². The first-order valence-corrected chi connectivity index (χ1v) is 5.82. The Bertz CT molecular complexity index is 445. The zero-order valence-corrected chi connectivity index (χ0v) is 9.64. The van der Waals surface area contributed by atoms with Crippen molar-refractivity contribution in [3.63, 3.8) is 0 Å². The minimum atomic E-state index is 0.803. The van der Waals surface area contributed by atoms with Crippen LogP contribution < -0.4 is 0 Å². The first-order chi connectivity index (χ1) is 6.24. The molecule has 0 saturated heterocycles. The van der Waals surface area contributed by atoms with Crippen molar-refractivity contribution in [2.24, 2.45) is 0 Å². The van der Waals surface area contributed by atoms with Gasteiger partial charge in [0, 0.05) is 9.60 Å². The van der Waals surface area contributed by atoms with Crippen molar-refractivity contribution in [3.05, 3.63) is 28.1 Å². The molecule has 0 radical (unpaired) electrons. The lowest BCUT2D eigenvalue weighted by Crippen LogP contribution is -1.84. The predicted octanol–water partition coefficient (Wildman–Crippen LogP) is 4.41. The third-order valence-corrected chi connectivity index (χ3v) is 3.91. The van der Waals surface area contributed by atoms with Gasteiger partial charge in [0.15, 0.2) is 0 Å². The van der Waals surface area contributed by atoms with Gasteiger partial charge in [-0.3, -0.25) is 0 Å². The second-order valence-electron chi connectivity index (χ2n) is 2.87. The van der Waals surface area contributed by atoms with Crippen LogP contribution in [0.15, 0.2) is 22.4 Å². The van der Waals surface area contributed by atoms with Crippen molar-refractivity contribution < 1.29 is 0 Å². The third kappa shape index (κ3) is 1.47. The molecule has 0 aliphatic carbocycles. The van der Waals surface area contributed by atoms with E-state index in [1.807, 2.05) is 6.07 Å². The second-order valence-corrected chi connectivity index (χ2v) is 4.68. The van der Waals surface area contributed by atoms with Crippen LogP contribution in [-0.4, -0.2) is 0 Å². The Morgan fingerprint density at radius 2 is 2.31 bits per heavy atom. The van der Waals surface area contributed by atoms with Gasteiger partial charge in [-0.1, -0.05) is 18.5 Å². The molecule has 0 aliphatic heterocycles. The molecule has 1 heterocycles. The number of fused-ring (bicyclic) bond motifs is 1. The molecule has 0 nitrogen and oxygen atoms in total. The summed E-state index contributed by atoms with van der Waals surface area (Å²) in [6.45, 7) is 2.12. The van der Waals surface area contributed by atoms with Crippen molar-refractivity contribution in [1.82, 2.24) is 0 Å². The normalized spacial score (nSPS) is 11.0. The van der Waals surface area contributed by atoms with E-state index < -0.39 is 0 Å². The molecule has 3 heteroatoms. The van der Waals surface area contributed by atoms with Crippen LogP contribution in [0.5, 0.6) is 0 Å². The standard InChI is InChI=1S/C10H9ClS2/c1-2-6-7-3-4-13-9(7)5-8(12)10(6)11/h3-5,12H,2H2,1H3. The summed E-state index contributed by atoms with van der Waals surface area (Å²) in [5.41, 5.74) is 1.21. The third-order valence-electron chi connectivity index (χ3n) is 2.13. The van der Waals surface area contributed by atoms with Crippen LogP contribution in [0.4, 0.5) is 0 Å². The topological polar surface area (TPSA) is 0 Å². The Morgan fingerprint density at radius 3 is 3.00 bits per heavy atom. The lowest BCUT2D eigenvalue weighted by Gasteiger charge is -2.05. The monoisotopic (exact) mass is 228 g/mol. The van der Waals surface area contributed by atoms with Gasteiger partial charge >= 0.3 is 0 Å². The molecular formula is C10H9ClS2. The van der Waals surface area contributed by atoms with Gasteiger partial charge in [-0.25, -0.2) is 0 Å². The highest BCUT2D eigenvalue weighted by molar-refractivity contribution is 7.80. The molecule has 0 amide bonds. The zero-order valence-electron chi connectivity index (χ0n) is 7.17. The summed E-state index contributed by atoms with van der Waals surface area (Å²) in [4.78, 5) is 0.883. The number of benzene rings is 1. The lowest BCUT2D eigenvalue weighted by atomic mass is 10.1. The summed E-state index contributed by atoms with van der Waals surface area (Å²) in [5.74, 6) is 0. The van der Waals surface area contributed by atoms with Gasteiger partial charge in [-0.2, -0.15) is 0 Å². The highest BCUT2D eigenvalue weighted by Crippen LogP contribution is 2.34. The number of rotatable bonds is 1. The molecular weight excluding hydrogens is 220 g/mol. The van der Waals surface area contributed by atoms with E-state index in [9.17, 15) is 0 Å². The summed E-state index contributed by atoms with van der Waals surface area (Å²) in [6, 6.07) is 4.16. The van der Waals surface area contributed by atoms with Gasteiger partial charge in [0.1, 0.15) is 0 Å². The summed E-state index contributed by atoms with van der Waals surface area (Å²) in [5, 5.41) is 4.17. The number of hydrogen-bond acceptors (Lipinski definition) is 2. The Kier molecular flexibility index (Phi) is 2.54. The summed E-state index contributed by atoms with van der Waals surface area (Å²) in [7, 11) is 0. The number of halogens is 1. The van der Waals surface area contributed by atoms with Crippen LogP contribution in [0.3, 0.4) is 0 Å². The highest BCUT2D eigenvalue weighted by Gasteiger charge is 2.08. The minimum absolute atomic E-state index is 0.803. The van der Waals surface area contributed by atoms with E-state index >= 15 is 0 Å². The van der Waals surface area contributed by atoms with Gasteiger partial charge in [-0.15, -0.1) is 24.0 Å². The molecule has 0 aliphatic rings. The zero-order chi connectivity index (χ0) is 9.42. The predicted molar refractivity (Wildman–Crippen MR) is 63.5 cm³/mol. The Labute approximate surface area is 91.9 Å². The first-order valence-electron chi connectivity index (χ1n) is 4.11. The summed E-state index contributed by atoms with van der Waals surface area (Å²) < 4.78 is 1.27. The molecule has 0 spiro atoms. The average molecular weight is 229 g/mol.